The van der Waals surface area contributed by atoms with Crippen LogP contribution in [0.25, 0.3) is 0 Å². The Bertz CT molecular complexity index is 685. The Morgan fingerprint density at radius 2 is 2.10 bits per heavy atom. The number of alkyl halides is 1. The largest absolute Gasteiger partial charge is 0.496 e. The molecule has 0 radical (unpaired) electrons. The number of methoxy groups -OCH3 is 1. The van der Waals surface area contributed by atoms with E-state index >= 15 is 0 Å². The molecule has 0 aliphatic rings. The fourth-order valence-electron chi connectivity index (χ4n) is 1.56. The number of rotatable bonds is 6. The Balaban J connectivity index is 3.72. The van der Waals surface area contributed by atoms with Gasteiger partial charge in [0.2, 0.25) is 0 Å². The molecule has 3 N–H and O–H groups in total. The second kappa shape index (κ2) is 6.77. The molecule has 7 nitrogen and oxygen atoms in total. The van der Waals surface area contributed by atoms with Gasteiger partial charge in [-0.25, -0.2) is 18.2 Å². The third-order valence-corrected chi connectivity index (χ3v) is 4.66. The highest BCUT2D eigenvalue weighted by molar-refractivity contribution is 7.91. The molecule has 0 amide bonds. The maximum absolute atomic E-state index is 12.1. The molecule has 0 saturated heterocycles. The topological polar surface area (TPSA) is 119 Å². The standard InChI is InChI=1S/C12H15ClN2O5S/c1-3-21(18,19)10-4-7(12(16)17)9(20-2)5-8(10)15-11(14)6-13/h4-5H,3,6H2,1-2H3,(H2,14,15)(H,16,17). The number of sulfone groups is 1. The van der Waals surface area contributed by atoms with Crippen LogP contribution < -0.4 is 10.5 Å². The molecule has 0 aliphatic heterocycles. The summed E-state index contributed by atoms with van der Waals surface area (Å²) in [5, 5.41) is 9.12. The molecule has 0 heterocycles. The number of halogens is 1. The first-order chi connectivity index (χ1) is 9.76. The van der Waals surface area contributed by atoms with Gasteiger partial charge in [-0.1, -0.05) is 6.92 Å². The number of carbonyl (C=O) groups is 1. The van der Waals surface area contributed by atoms with Crippen LogP contribution >= 0.6 is 11.6 Å². The molecule has 21 heavy (non-hydrogen) atoms. The van der Waals surface area contributed by atoms with Gasteiger partial charge in [-0.05, 0) is 6.07 Å². The number of nitrogens with two attached hydrogens (primary N) is 1. The molecule has 0 bridgehead atoms. The molecule has 0 saturated carbocycles. The maximum atomic E-state index is 12.1. The average molecular weight is 335 g/mol. The molecule has 1 aromatic carbocycles. The Labute approximate surface area is 127 Å². The van der Waals surface area contributed by atoms with Crippen LogP contribution in [-0.2, 0) is 9.84 Å². The fraction of sp³-hybridized carbons (Fsp3) is 0.333. The first-order valence-electron chi connectivity index (χ1n) is 5.83. The van der Waals surface area contributed by atoms with Crippen molar-refractivity contribution in [3.05, 3.63) is 17.7 Å². The highest BCUT2D eigenvalue weighted by Gasteiger charge is 2.23. The van der Waals surface area contributed by atoms with Gasteiger partial charge in [0, 0.05) is 6.07 Å². The lowest BCUT2D eigenvalue weighted by molar-refractivity contribution is 0.0693. The summed E-state index contributed by atoms with van der Waals surface area (Å²) in [5.74, 6) is -1.61. The van der Waals surface area contributed by atoms with E-state index in [0.29, 0.717) is 0 Å². The second-order valence-corrected chi connectivity index (χ2v) is 6.48. The number of ether oxygens (including phenoxy) is 1. The van der Waals surface area contributed by atoms with Crippen molar-refractivity contribution in [1.82, 2.24) is 0 Å². The highest BCUT2D eigenvalue weighted by Crippen LogP contribution is 2.33. The van der Waals surface area contributed by atoms with Gasteiger partial charge in [0.25, 0.3) is 0 Å². The SMILES string of the molecule is CCS(=O)(=O)c1cc(C(=O)O)c(OC)cc1N=C(N)CCl. The van der Waals surface area contributed by atoms with Crippen LogP contribution in [0.3, 0.4) is 0 Å². The van der Waals surface area contributed by atoms with E-state index in [1.807, 2.05) is 0 Å². The average Bonchev–Trinajstić information content (AvgIpc) is 2.45. The second-order valence-electron chi connectivity index (χ2n) is 3.97. The molecule has 1 aromatic rings. The maximum Gasteiger partial charge on any atom is 0.339 e. The van der Waals surface area contributed by atoms with Gasteiger partial charge >= 0.3 is 5.97 Å². The molecule has 0 spiro atoms. The van der Waals surface area contributed by atoms with Crippen LogP contribution in [0.5, 0.6) is 5.75 Å². The lowest BCUT2D eigenvalue weighted by atomic mass is 10.2. The van der Waals surface area contributed by atoms with Gasteiger partial charge < -0.3 is 15.6 Å². The number of hydrogen-bond donors (Lipinski definition) is 2. The van der Waals surface area contributed by atoms with Crippen molar-refractivity contribution in [2.45, 2.75) is 11.8 Å². The minimum atomic E-state index is -3.69. The normalized spacial score (nSPS) is 12.2. The van der Waals surface area contributed by atoms with E-state index in [1.54, 1.807) is 0 Å². The predicted octanol–water partition coefficient (Wildman–Crippen LogP) is 1.41. The minimum Gasteiger partial charge on any atom is -0.496 e. The summed E-state index contributed by atoms with van der Waals surface area (Å²) in [5.41, 5.74) is 5.24. The van der Waals surface area contributed by atoms with Crippen LogP contribution in [0.4, 0.5) is 5.69 Å². The molecule has 0 atom stereocenters. The summed E-state index contributed by atoms with van der Waals surface area (Å²) in [6, 6.07) is 2.23. The van der Waals surface area contributed by atoms with E-state index in [1.165, 1.54) is 20.1 Å². The molecule has 0 aliphatic carbocycles. The van der Waals surface area contributed by atoms with Crippen LogP contribution in [0.15, 0.2) is 22.0 Å². The monoisotopic (exact) mass is 334 g/mol. The van der Waals surface area contributed by atoms with Crippen molar-refractivity contribution in [3.63, 3.8) is 0 Å². The minimum absolute atomic E-state index is 0.00292. The number of hydrogen-bond acceptors (Lipinski definition) is 5. The fourth-order valence-corrected chi connectivity index (χ4v) is 2.65. The van der Waals surface area contributed by atoms with E-state index in [-0.39, 0.29) is 39.4 Å². The Morgan fingerprint density at radius 1 is 1.48 bits per heavy atom. The Kier molecular flexibility index (Phi) is 5.56. The number of benzene rings is 1. The summed E-state index contributed by atoms with van der Waals surface area (Å²) in [6.45, 7) is 1.44. The van der Waals surface area contributed by atoms with Crippen molar-refractivity contribution < 1.29 is 23.1 Å². The van der Waals surface area contributed by atoms with Gasteiger partial charge in [-0.3, -0.25) is 0 Å². The van der Waals surface area contributed by atoms with Crippen molar-refractivity contribution in [2.75, 3.05) is 18.7 Å². The van der Waals surface area contributed by atoms with E-state index in [2.05, 4.69) is 4.99 Å². The van der Waals surface area contributed by atoms with E-state index in [9.17, 15) is 13.2 Å². The van der Waals surface area contributed by atoms with Gasteiger partial charge in [-0.2, -0.15) is 0 Å². The van der Waals surface area contributed by atoms with E-state index < -0.39 is 15.8 Å². The van der Waals surface area contributed by atoms with Crippen molar-refractivity contribution in [3.8, 4) is 5.75 Å². The molecule has 0 unspecified atom stereocenters. The summed E-state index contributed by atoms with van der Waals surface area (Å²) in [7, 11) is -2.42. The third-order valence-electron chi connectivity index (χ3n) is 2.63. The van der Waals surface area contributed by atoms with Crippen molar-refractivity contribution in [2.24, 2.45) is 10.7 Å². The number of nitrogens with zero attached hydrogens (tertiary/aromatic N) is 1. The predicted molar refractivity (Wildman–Crippen MR) is 79.7 cm³/mol. The molecule has 9 heteroatoms. The number of aliphatic imine (C=N–C) groups is 1. The van der Waals surface area contributed by atoms with Gasteiger partial charge in [0.05, 0.1) is 29.3 Å². The summed E-state index contributed by atoms with van der Waals surface area (Å²) < 4.78 is 29.1. The first-order valence-corrected chi connectivity index (χ1v) is 8.02. The third kappa shape index (κ3) is 3.85. The zero-order chi connectivity index (χ0) is 16.2. The van der Waals surface area contributed by atoms with Crippen LogP contribution in [0, 0.1) is 0 Å². The quantitative estimate of drug-likeness (QED) is 0.461. The van der Waals surface area contributed by atoms with Crippen LogP contribution in [-0.4, -0.2) is 44.1 Å². The Hall–Kier alpha value is -1.80. The zero-order valence-electron chi connectivity index (χ0n) is 11.5. The lowest BCUT2D eigenvalue weighted by Crippen LogP contribution is -2.14. The van der Waals surface area contributed by atoms with Crippen LogP contribution in [0.2, 0.25) is 0 Å². The summed E-state index contributed by atoms with van der Waals surface area (Å²) >= 11 is 5.53. The molecular formula is C12H15ClN2O5S. The van der Waals surface area contributed by atoms with Gasteiger partial charge in [-0.15, -0.1) is 11.6 Å². The number of aromatic carboxylic acids is 1. The van der Waals surface area contributed by atoms with Crippen molar-refractivity contribution in [1.29, 1.82) is 0 Å². The van der Waals surface area contributed by atoms with Gasteiger partial charge in [0.15, 0.2) is 9.84 Å². The van der Waals surface area contributed by atoms with E-state index in [4.69, 9.17) is 27.2 Å². The number of carboxylic acids is 1. The highest BCUT2D eigenvalue weighted by atomic mass is 35.5. The Morgan fingerprint density at radius 3 is 2.52 bits per heavy atom. The molecule has 0 fully saturated rings. The molecule has 1 rings (SSSR count). The van der Waals surface area contributed by atoms with Gasteiger partial charge in [0.1, 0.15) is 17.1 Å². The number of amidine groups is 1. The zero-order valence-corrected chi connectivity index (χ0v) is 13.0. The van der Waals surface area contributed by atoms with Crippen molar-refractivity contribution >= 4 is 38.9 Å². The summed E-state index contributed by atoms with van der Waals surface area (Å²) in [6.07, 6.45) is 0. The van der Waals surface area contributed by atoms with Crippen LogP contribution in [0.1, 0.15) is 17.3 Å². The summed E-state index contributed by atoms with van der Waals surface area (Å²) in [4.78, 5) is 14.9. The number of carboxylic acid groups (broad SMARTS) is 1. The smallest absolute Gasteiger partial charge is 0.339 e. The first kappa shape index (κ1) is 17.3. The molecular weight excluding hydrogens is 320 g/mol. The lowest BCUT2D eigenvalue weighted by Gasteiger charge is -2.11. The molecule has 116 valence electrons. The molecule has 0 aromatic heterocycles. The van der Waals surface area contributed by atoms with E-state index in [0.717, 1.165) is 6.07 Å².